The summed E-state index contributed by atoms with van der Waals surface area (Å²) in [5.41, 5.74) is 0.641. The zero-order chi connectivity index (χ0) is 21.3. The Bertz CT molecular complexity index is 1040. The van der Waals surface area contributed by atoms with Crippen LogP contribution in [-0.4, -0.2) is 43.3 Å². The maximum absolute atomic E-state index is 12.6. The lowest BCUT2D eigenvalue weighted by atomic mass is 10.2. The van der Waals surface area contributed by atoms with E-state index in [4.69, 9.17) is 44.9 Å². The SMILES string of the molecule is O=C(O)CC(C(=O)O)N1C(=O)/C(=C\c2ccc(-c3cc(Cl)cc(Cl)c3)o2)SC1=S. The largest absolute Gasteiger partial charge is 0.481 e. The number of carbonyl (C=O) groups is 3. The molecule has 1 aliphatic heterocycles. The summed E-state index contributed by atoms with van der Waals surface area (Å²) in [7, 11) is 0. The second-order valence-electron chi connectivity index (χ2n) is 5.86. The molecule has 1 saturated heterocycles. The summed E-state index contributed by atoms with van der Waals surface area (Å²) in [6.07, 6.45) is 0.643. The van der Waals surface area contributed by atoms with Crippen molar-refractivity contribution in [3.63, 3.8) is 0 Å². The van der Waals surface area contributed by atoms with Crippen LogP contribution in [0.15, 0.2) is 39.7 Å². The van der Waals surface area contributed by atoms with Gasteiger partial charge in [-0.15, -0.1) is 0 Å². The van der Waals surface area contributed by atoms with Crippen LogP contribution < -0.4 is 0 Å². The predicted octanol–water partition coefficient (Wildman–Crippen LogP) is 4.38. The Morgan fingerprint density at radius 2 is 1.86 bits per heavy atom. The van der Waals surface area contributed by atoms with Crippen LogP contribution in [0.3, 0.4) is 0 Å². The molecule has 7 nitrogen and oxygen atoms in total. The number of carbonyl (C=O) groups excluding carboxylic acids is 1. The summed E-state index contributed by atoms with van der Waals surface area (Å²) in [4.78, 5) is 35.9. The molecule has 2 heterocycles. The summed E-state index contributed by atoms with van der Waals surface area (Å²) in [5.74, 6) is -2.72. The van der Waals surface area contributed by atoms with Gasteiger partial charge in [0.2, 0.25) is 0 Å². The van der Waals surface area contributed by atoms with Gasteiger partial charge in [0.05, 0.1) is 11.3 Å². The Labute approximate surface area is 183 Å². The number of furan rings is 1. The lowest BCUT2D eigenvalue weighted by Gasteiger charge is -2.21. The normalized spacial score (nSPS) is 16.5. The van der Waals surface area contributed by atoms with E-state index in [2.05, 4.69) is 0 Å². The summed E-state index contributed by atoms with van der Waals surface area (Å²) in [6, 6.07) is 6.60. The van der Waals surface area contributed by atoms with Crippen molar-refractivity contribution in [1.29, 1.82) is 0 Å². The third-order valence-corrected chi connectivity index (χ3v) is 5.60. The second kappa shape index (κ2) is 8.58. The molecule has 0 aliphatic carbocycles. The molecule has 0 radical (unpaired) electrons. The molecule has 1 amide bonds. The zero-order valence-electron chi connectivity index (χ0n) is 14.3. The Balaban J connectivity index is 1.87. The van der Waals surface area contributed by atoms with Gasteiger partial charge in [-0.1, -0.05) is 47.2 Å². The van der Waals surface area contributed by atoms with Gasteiger partial charge >= 0.3 is 11.9 Å². The lowest BCUT2D eigenvalue weighted by Crippen LogP contribution is -2.45. The van der Waals surface area contributed by atoms with E-state index in [1.54, 1.807) is 30.3 Å². The molecular formula is C18H11Cl2NO6S2. The number of carboxylic acids is 2. The molecular weight excluding hydrogens is 461 g/mol. The quantitative estimate of drug-likeness (QED) is 0.471. The van der Waals surface area contributed by atoms with E-state index in [9.17, 15) is 19.5 Å². The number of halogens is 2. The van der Waals surface area contributed by atoms with Gasteiger partial charge in [0, 0.05) is 21.7 Å². The average Bonchev–Trinajstić information content (AvgIpc) is 3.17. The fourth-order valence-electron chi connectivity index (χ4n) is 2.61. The fourth-order valence-corrected chi connectivity index (χ4v) is 4.48. The molecule has 150 valence electrons. The minimum Gasteiger partial charge on any atom is -0.481 e. The minimum atomic E-state index is -1.59. The van der Waals surface area contributed by atoms with E-state index in [0.29, 0.717) is 27.1 Å². The van der Waals surface area contributed by atoms with Crippen LogP contribution in [-0.2, 0) is 14.4 Å². The number of thiocarbonyl (C=S) groups is 1. The maximum Gasteiger partial charge on any atom is 0.327 e. The molecule has 0 saturated carbocycles. The van der Waals surface area contributed by atoms with E-state index in [-0.39, 0.29) is 9.23 Å². The number of aliphatic carboxylic acids is 2. The molecule has 2 aromatic rings. The molecule has 1 aliphatic rings. The topological polar surface area (TPSA) is 108 Å². The standard InChI is InChI=1S/C18H11Cl2NO6S2/c19-9-3-8(4-10(20)5-9)13-2-1-11(27-13)6-14-16(24)21(18(28)29-14)12(17(25)26)7-15(22)23/h1-6,12H,7H2,(H,22,23)(H,25,26)/b14-6+. The molecule has 0 spiro atoms. The van der Waals surface area contributed by atoms with Gasteiger partial charge in [-0.2, -0.15) is 0 Å². The Hall–Kier alpha value is -2.33. The summed E-state index contributed by atoms with van der Waals surface area (Å²) < 4.78 is 5.66. The average molecular weight is 472 g/mol. The van der Waals surface area contributed by atoms with Gasteiger partial charge in [0.15, 0.2) is 0 Å². The highest BCUT2D eigenvalue weighted by atomic mass is 35.5. The van der Waals surface area contributed by atoms with Gasteiger partial charge in [0.25, 0.3) is 5.91 Å². The molecule has 3 rings (SSSR count). The molecule has 11 heteroatoms. The predicted molar refractivity (Wildman–Crippen MR) is 113 cm³/mol. The lowest BCUT2D eigenvalue weighted by molar-refractivity contribution is -0.150. The highest BCUT2D eigenvalue weighted by Gasteiger charge is 2.41. The first kappa shape index (κ1) is 21.4. The van der Waals surface area contributed by atoms with Gasteiger partial charge in [0.1, 0.15) is 21.9 Å². The summed E-state index contributed by atoms with van der Waals surface area (Å²) >= 11 is 17.9. The summed E-state index contributed by atoms with van der Waals surface area (Å²) in [5, 5.41) is 19.1. The number of carboxylic acid groups (broad SMARTS) is 2. The molecule has 0 bridgehead atoms. The van der Waals surface area contributed by atoms with Crippen molar-refractivity contribution >= 4 is 75.4 Å². The van der Waals surface area contributed by atoms with Gasteiger partial charge < -0.3 is 14.6 Å². The van der Waals surface area contributed by atoms with E-state index < -0.39 is 30.3 Å². The number of amides is 1. The van der Waals surface area contributed by atoms with E-state index in [0.717, 1.165) is 16.7 Å². The van der Waals surface area contributed by atoms with Crippen LogP contribution in [0.25, 0.3) is 17.4 Å². The van der Waals surface area contributed by atoms with E-state index in [1.807, 2.05) is 0 Å². The van der Waals surface area contributed by atoms with Crippen LogP contribution in [0.5, 0.6) is 0 Å². The van der Waals surface area contributed by atoms with Crippen LogP contribution in [0.1, 0.15) is 12.2 Å². The Kier molecular flexibility index (Phi) is 6.33. The van der Waals surface area contributed by atoms with E-state index in [1.165, 1.54) is 6.08 Å². The number of benzene rings is 1. The van der Waals surface area contributed by atoms with Crippen LogP contribution in [0.2, 0.25) is 10.0 Å². The number of hydrogen-bond acceptors (Lipinski definition) is 6. The van der Waals surface area contributed by atoms with Gasteiger partial charge in [-0.25, -0.2) is 4.79 Å². The highest BCUT2D eigenvalue weighted by Crippen LogP contribution is 2.36. The fraction of sp³-hybridized carbons (Fsp3) is 0.111. The van der Waals surface area contributed by atoms with Crippen LogP contribution in [0.4, 0.5) is 0 Å². The van der Waals surface area contributed by atoms with Gasteiger partial charge in [-0.3, -0.25) is 14.5 Å². The molecule has 1 unspecified atom stereocenters. The van der Waals surface area contributed by atoms with Crippen LogP contribution >= 0.6 is 47.2 Å². The zero-order valence-corrected chi connectivity index (χ0v) is 17.4. The van der Waals surface area contributed by atoms with Crippen molar-refractivity contribution in [2.45, 2.75) is 12.5 Å². The van der Waals surface area contributed by atoms with Crippen molar-refractivity contribution in [3.8, 4) is 11.3 Å². The number of nitrogens with zero attached hydrogens (tertiary/aromatic N) is 1. The highest BCUT2D eigenvalue weighted by molar-refractivity contribution is 8.26. The molecule has 2 N–H and O–H groups in total. The molecule has 1 aromatic heterocycles. The van der Waals surface area contributed by atoms with Crippen molar-refractivity contribution in [1.82, 2.24) is 4.90 Å². The first-order valence-electron chi connectivity index (χ1n) is 7.93. The monoisotopic (exact) mass is 471 g/mol. The van der Waals surface area contributed by atoms with Crippen molar-refractivity contribution in [3.05, 3.63) is 51.0 Å². The third-order valence-electron chi connectivity index (χ3n) is 3.84. The third kappa shape index (κ3) is 4.81. The van der Waals surface area contributed by atoms with Crippen LogP contribution in [0, 0.1) is 0 Å². The molecule has 1 fully saturated rings. The molecule has 1 atom stereocenters. The minimum absolute atomic E-state index is 0.0386. The first-order valence-corrected chi connectivity index (χ1v) is 9.91. The number of thioether (sulfide) groups is 1. The number of hydrogen-bond donors (Lipinski definition) is 2. The second-order valence-corrected chi connectivity index (χ2v) is 8.41. The van der Waals surface area contributed by atoms with E-state index >= 15 is 0 Å². The maximum atomic E-state index is 12.6. The smallest absolute Gasteiger partial charge is 0.327 e. The van der Waals surface area contributed by atoms with Gasteiger partial charge in [-0.05, 0) is 30.3 Å². The Morgan fingerprint density at radius 3 is 2.45 bits per heavy atom. The first-order chi connectivity index (χ1) is 13.7. The van der Waals surface area contributed by atoms with Crippen molar-refractivity contribution in [2.24, 2.45) is 0 Å². The Morgan fingerprint density at radius 1 is 1.21 bits per heavy atom. The number of rotatable bonds is 6. The van der Waals surface area contributed by atoms with Crippen molar-refractivity contribution in [2.75, 3.05) is 0 Å². The van der Waals surface area contributed by atoms with Crippen molar-refractivity contribution < 1.29 is 29.0 Å². The summed E-state index contributed by atoms with van der Waals surface area (Å²) in [6.45, 7) is 0. The molecule has 1 aromatic carbocycles. The molecule has 29 heavy (non-hydrogen) atoms.